The molecule has 1 aromatic rings. The maximum atomic E-state index is 11.4. The van der Waals surface area contributed by atoms with Gasteiger partial charge in [0.1, 0.15) is 5.82 Å². The van der Waals surface area contributed by atoms with Gasteiger partial charge in [-0.2, -0.15) is 0 Å². The van der Waals surface area contributed by atoms with Gasteiger partial charge in [0.05, 0.1) is 19.5 Å². The molecule has 1 aliphatic heterocycles. The van der Waals surface area contributed by atoms with Crippen LogP contribution >= 0.6 is 0 Å². The molecule has 1 fully saturated rings. The normalized spacial score (nSPS) is 16.4. The van der Waals surface area contributed by atoms with Gasteiger partial charge in [-0.1, -0.05) is 0 Å². The number of hydrogen-bond acceptors (Lipinski definition) is 6. The summed E-state index contributed by atoms with van der Waals surface area (Å²) in [6.07, 6.45) is 4.16. The minimum Gasteiger partial charge on any atom is -0.464 e. The van der Waals surface area contributed by atoms with Crippen LogP contribution in [0.2, 0.25) is 0 Å². The van der Waals surface area contributed by atoms with E-state index in [0.29, 0.717) is 0 Å². The molecule has 0 aromatic carbocycles. The van der Waals surface area contributed by atoms with E-state index in [-0.39, 0.29) is 5.69 Å². The second-order valence-corrected chi connectivity index (χ2v) is 3.84. The summed E-state index contributed by atoms with van der Waals surface area (Å²) >= 11 is 0. The molecule has 6 nitrogen and oxygen atoms in total. The number of anilines is 1. The summed E-state index contributed by atoms with van der Waals surface area (Å²) in [7, 11) is 1.34. The Hall–Kier alpha value is -1.69. The molecule has 92 valence electrons. The van der Waals surface area contributed by atoms with Gasteiger partial charge in [-0.3, -0.25) is 4.98 Å². The summed E-state index contributed by atoms with van der Waals surface area (Å²) in [6.45, 7) is 3.73. The van der Waals surface area contributed by atoms with Crippen LogP contribution in [0.15, 0.2) is 12.4 Å². The molecule has 1 saturated heterocycles. The monoisotopic (exact) mass is 236 g/mol. The maximum Gasteiger partial charge on any atom is 0.358 e. The van der Waals surface area contributed by atoms with E-state index in [1.165, 1.54) is 13.3 Å². The fourth-order valence-corrected chi connectivity index (χ4v) is 1.79. The van der Waals surface area contributed by atoms with Gasteiger partial charge < -0.3 is 15.0 Å². The zero-order chi connectivity index (χ0) is 12.1. The van der Waals surface area contributed by atoms with Crippen molar-refractivity contribution in [2.75, 3.05) is 38.2 Å². The number of carbonyl (C=O) groups excluding carboxylic acids is 1. The van der Waals surface area contributed by atoms with Crippen LogP contribution < -0.4 is 10.2 Å². The Morgan fingerprint density at radius 3 is 3.12 bits per heavy atom. The number of nitrogens with one attached hydrogen (secondary N) is 1. The average Bonchev–Trinajstić information content (AvgIpc) is 2.67. The van der Waals surface area contributed by atoms with Crippen molar-refractivity contribution in [2.45, 2.75) is 6.42 Å². The Kier molecular flexibility index (Phi) is 3.87. The number of aromatic nitrogens is 2. The Balaban J connectivity index is 2.16. The highest BCUT2D eigenvalue weighted by Gasteiger charge is 2.14. The largest absolute Gasteiger partial charge is 0.464 e. The molecular formula is C11H16N4O2. The van der Waals surface area contributed by atoms with Crippen molar-refractivity contribution >= 4 is 11.8 Å². The van der Waals surface area contributed by atoms with Gasteiger partial charge in [0.2, 0.25) is 0 Å². The Morgan fingerprint density at radius 2 is 2.29 bits per heavy atom. The number of esters is 1. The van der Waals surface area contributed by atoms with Crippen LogP contribution in [0, 0.1) is 0 Å². The van der Waals surface area contributed by atoms with Crippen LogP contribution in [0.4, 0.5) is 5.82 Å². The highest BCUT2D eigenvalue weighted by atomic mass is 16.5. The minimum atomic E-state index is -0.452. The molecule has 0 radical (unpaired) electrons. The first-order valence-electron chi connectivity index (χ1n) is 5.67. The standard InChI is InChI=1S/C11H16N4O2/c1-17-11(16)9-7-13-8-10(14-9)15-5-2-3-12-4-6-15/h7-8,12H,2-6H2,1H3. The summed E-state index contributed by atoms with van der Waals surface area (Å²) in [5.74, 6) is 0.281. The van der Waals surface area contributed by atoms with Crippen molar-refractivity contribution < 1.29 is 9.53 Å². The topological polar surface area (TPSA) is 67.3 Å². The second-order valence-electron chi connectivity index (χ2n) is 3.84. The predicted octanol–water partition coefficient (Wildman–Crippen LogP) is 0.0629. The van der Waals surface area contributed by atoms with Crippen LogP contribution in [0.25, 0.3) is 0 Å². The lowest BCUT2D eigenvalue weighted by Crippen LogP contribution is -2.29. The number of hydrogen-bond donors (Lipinski definition) is 1. The van der Waals surface area contributed by atoms with Gasteiger partial charge in [-0.15, -0.1) is 0 Å². The van der Waals surface area contributed by atoms with Gasteiger partial charge in [-0.25, -0.2) is 9.78 Å². The van der Waals surface area contributed by atoms with E-state index in [1.807, 2.05) is 0 Å². The molecular weight excluding hydrogens is 220 g/mol. The van der Waals surface area contributed by atoms with E-state index in [0.717, 1.165) is 38.4 Å². The van der Waals surface area contributed by atoms with Gasteiger partial charge >= 0.3 is 5.97 Å². The predicted molar refractivity (Wildman–Crippen MR) is 63.1 cm³/mol. The lowest BCUT2D eigenvalue weighted by molar-refractivity contribution is 0.0593. The summed E-state index contributed by atoms with van der Waals surface area (Å²) in [4.78, 5) is 21.8. The molecule has 0 saturated carbocycles. The van der Waals surface area contributed by atoms with Crippen molar-refractivity contribution in [2.24, 2.45) is 0 Å². The van der Waals surface area contributed by atoms with Crippen LogP contribution in [0.3, 0.4) is 0 Å². The van der Waals surface area contributed by atoms with Crippen LogP contribution in [-0.2, 0) is 4.74 Å². The quantitative estimate of drug-likeness (QED) is 0.733. The highest BCUT2D eigenvalue weighted by Crippen LogP contribution is 2.11. The lowest BCUT2D eigenvalue weighted by Gasteiger charge is -2.20. The lowest BCUT2D eigenvalue weighted by atomic mass is 10.4. The van der Waals surface area contributed by atoms with Gasteiger partial charge in [0.15, 0.2) is 5.69 Å². The third-order valence-corrected chi connectivity index (χ3v) is 2.68. The molecule has 0 aliphatic carbocycles. The Morgan fingerprint density at radius 1 is 1.41 bits per heavy atom. The van der Waals surface area contributed by atoms with Gasteiger partial charge in [0, 0.05) is 19.6 Å². The first-order valence-corrected chi connectivity index (χ1v) is 5.67. The average molecular weight is 236 g/mol. The van der Waals surface area contributed by atoms with Crippen molar-refractivity contribution in [3.05, 3.63) is 18.1 Å². The van der Waals surface area contributed by atoms with E-state index < -0.39 is 5.97 Å². The van der Waals surface area contributed by atoms with Crippen molar-refractivity contribution in [1.82, 2.24) is 15.3 Å². The molecule has 1 aliphatic rings. The van der Waals surface area contributed by atoms with Crippen molar-refractivity contribution in [1.29, 1.82) is 0 Å². The summed E-state index contributed by atoms with van der Waals surface area (Å²) < 4.78 is 4.63. The summed E-state index contributed by atoms with van der Waals surface area (Å²) in [5.41, 5.74) is 0.252. The number of nitrogens with zero attached hydrogens (tertiary/aromatic N) is 3. The molecule has 0 amide bonds. The molecule has 0 spiro atoms. The third kappa shape index (κ3) is 2.91. The van der Waals surface area contributed by atoms with Crippen molar-refractivity contribution in [3.8, 4) is 0 Å². The van der Waals surface area contributed by atoms with E-state index in [1.54, 1.807) is 6.20 Å². The number of ether oxygens (including phenoxy) is 1. The molecule has 1 N–H and O–H groups in total. The summed E-state index contributed by atoms with van der Waals surface area (Å²) in [5, 5.41) is 3.31. The fraction of sp³-hybridized carbons (Fsp3) is 0.545. The minimum absolute atomic E-state index is 0.252. The number of carbonyl (C=O) groups is 1. The molecule has 6 heteroatoms. The van der Waals surface area contributed by atoms with E-state index in [9.17, 15) is 4.79 Å². The van der Waals surface area contributed by atoms with Gasteiger partial charge in [0.25, 0.3) is 0 Å². The zero-order valence-electron chi connectivity index (χ0n) is 9.85. The van der Waals surface area contributed by atoms with E-state index >= 15 is 0 Å². The fourth-order valence-electron chi connectivity index (χ4n) is 1.79. The molecule has 0 unspecified atom stereocenters. The van der Waals surface area contributed by atoms with Gasteiger partial charge in [-0.05, 0) is 13.0 Å². The highest BCUT2D eigenvalue weighted by molar-refractivity contribution is 5.87. The second kappa shape index (κ2) is 5.58. The smallest absolute Gasteiger partial charge is 0.358 e. The molecule has 0 atom stereocenters. The molecule has 1 aromatic heterocycles. The first-order chi connectivity index (χ1) is 8.31. The van der Waals surface area contributed by atoms with Crippen LogP contribution in [-0.4, -0.2) is 49.2 Å². The van der Waals surface area contributed by atoms with E-state index in [4.69, 9.17) is 0 Å². The molecule has 2 rings (SSSR count). The Bertz CT molecular complexity index is 389. The summed E-state index contributed by atoms with van der Waals surface area (Å²) in [6, 6.07) is 0. The first kappa shape index (κ1) is 11.8. The van der Waals surface area contributed by atoms with E-state index in [2.05, 4.69) is 24.9 Å². The van der Waals surface area contributed by atoms with Crippen LogP contribution in [0.5, 0.6) is 0 Å². The number of methoxy groups -OCH3 is 1. The Labute approximate surface area is 100 Å². The number of rotatable bonds is 2. The third-order valence-electron chi connectivity index (χ3n) is 2.68. The maximum absolute atomic E-state index is 11.4. The molecule has 17 heavy (non-hydrogen) atoms. The van der Waals surface area contributed by atoms with Crippen molar-refractivity contribution in [3.63, 3.8) is 0 Å². The zero-order valence-corrected chi connectivity index (χ0v) is 9.85. The molecule has 0 bridgehead atoms. The molecule has 2 heterocycles. The van der Waals surface area contributed by atoms with Crippen LogP contribution in [0.1, 0.15) is 16.9 Å². The SMILES string of the molecule is COC(=O)c1cncc(N2CCCNCC2)n1.